The Morgan fingerprint density at radius 3 is 2.33 bits per heavy atom. The summed E-state index contributed by atoms with van der Waals surface area (Å²) < 4.78 is 31.2. The molecule has 0 spiro atoms. The number of sulfone groups is 1. The van der Waals surface area contributed by atoms with Crippen LogP contribution in [0.5, 0.6) is 0 Å². The van der Waals surface area contributed by atoms with Crippen molar-refractivity contribution in [1.29, 1.82) is 0 Å². The number of ether oxygens (including phenoxy) is 1. The molecule has 0 radical (unpaired) electrons. The molecule has 6 N–H and O–H groups in total. The van der Waals surface area contributed by atoms with Crippen LogP contribution in [0.15, 0.2) is 69.7 Å². The lowest BCUT2D eigenvalue weighted by molar-refractivity contribution is 0.0992. The molecule has 0 bridgehead atoms. The Hall–Kier alpha value is -3.62. The number of pyridine rings is 1. The zero-order valence-electron chi connectivity index (χ0n) is 24.3. The first-order chi connectivity index (χ1) is 20.2. The van der Waals surface area contributed by atoms with Gasteiger partial charge in [0, 0.05) is 36.9 Å². The summed E-state index contributed by atoms with van der Waals surface area (Å²) in [5, 5.41) is 33.4. The van der Waals surface area contributed by atoms with E-state index in [1.807, 2.05) is 56.0 Å². The second kappa shape index (κ2) is 16.1. The van der Waals surface area contributed by atoms with Crippen molar-refractivity contribution in [3.63, 3.8) is 0 Å². The van der Waals surface area contributed by atoms with E-state index in [9.17, 15) is 13.5 Å². The first kappa shape index (κ1) is 32.9. The molecular weight excluding hydrogens is 558 g/mol. The van der Waals surface area contributed by atoms with Gasteiger partial charge >= 0.3 is 0 Å². The van der Waals surface area contributed by atoms with Crippen LogP contribution in [-0.4, -0.2) is 86.4 Å². The molecule has 228 valence electrons. The van der Waals surface area contributed by atoms with Crippen molar-refractivity contribution in [1.82, 2.24) is 9.88 Å². The van der Waals surface area contributed by atoms with Crippen LogP contribution in [0.3, 0.4) is 0 Å². The molecule has 0 aliphatic rings. The second-order valence-corrected chi connectivity index (χ2v) is 11.9. The highest BCUT2D eigenvalue weighted by Crippen LogP contribution is 2.37. The number of aromatic nitrogens is 1. The smallest absolute Gasteiger partial charge is 0.179 e. The van der Waals surface area contributed by atoms with Gasteiger partial charge in [-0.05, 0) is 57.2 Å². The van der Waals surface area contributed by atoms with Gasteiger partial charge in [0.1, 0.15) is 5.69 Å². The van der Waals surface area contributed by atoms with Gasteiger partial charge in [-0.15, -0.1) is 5.11 Å². The number of nitrogens with two attached hydrogens (primary N) is 1. The molecular formula is C29H41N7O5S. The van der Waals surface area contributed by atoms with Crippen molar-refractivity contribution < 1.29 is 23.4 Å². The number of aliphatic hydroxyl groups excluding tert-OH is 2. The van der Waals surface area contributed by atoms with E-state index in [1.165, 1.54) is 12.1 Å². The van der Waals surface area contributed by atoms with E-state index in [-0.39, 0.29) is 36.5 Å². The largest absolute Gasteiger partial charge is 0.395 e. The molecule has 0 aliphatic heterocycles. The minimum Gasteiger partial charge on any atom is -0.395 e. The van der Waals surface area contributed by atoms with Gasteiger partial charge in [-0.25, -0.2) is 13.4 Å². The van der Waals surface area contributed by atoms with Gasteiger partial charge in [-0.3, -0.25) is 4.90 Å². The Balaban J connectivity index is 1.82. The van der Waals surface area contributed by atoms with Gasteiger partial charge in [0.05, 0.1) is 48.5 Å². The number of benzene rings is 2. The lowest BCUT2D eigenvalue weighted by Crippen LogP contribution is -2.37. The maximum absolute atomic E-state index is 12.9. The van der Waals surface area contributed by atoms with Gasteiger partial charge in [-0.2, -0.15) is 5.11 Å². The summed E-state index contributed by atoms with van der Waals surface area (Å²) >= 11 is 0. The topological polar surface area (TPSA) is 175 Å². The predicted molar refractivity (Wildman–Crippen MR) is 166 cm³/mol. The van der Waals surface area contributed by atoms with Gasteiger partial charge in [-0.1, -0.05) is 18.2 Å². The van der Waals surface area contributed by atoms with Crippen LogP contribution >= 0.6 is 0 Å². The van der Waals surface area contributed by atoms with Crippen molar-refractivity contribution in [3.05, 3.63) is 60.2 Å². The van der Waals surface area contributed by atoms with E-state index >= 15 is 0 Å². The molecule has 1 aromatic heterocycles. The molecule has 2 aromatic carbocycles. The summed E-state index contributed by atoms with van der Waals surface area (Å²) in [6, 6.07) is 15.9. The van der Waals surface area contributed by atoms with Gasteiger partial charge in [0.2, 0.25) is 0 Å². The molecule has 0 amide bonds. The number of anilines is 4. The number of para-hydroxylation sites is 1. The van der Waals surface area contributed by atoms with Crippen molar-refractivity contribution >= 4 is 44.2 Å². The molecule has 12 nitrogen and oxygen atoms in total. The van der Waals surface area contributed by atoms with Crippen LogP contribution in [0.25, 0.3) is 0 Å². The van der Waals surface area contributed by atoms with Crippen molar-refractivity contribution in [3.8, 4) is 0 Å². The zero-order valence-corrected chi connectivity index (χ0v) is 25.1. The van der Waals surface area contributed by atoms with Crippen LogP contribution < -0.4 is 16.4 Å². The maximum atomic E-state index is 12.9. The Morgan fingerprint density at radius 1 is 0.976 bits per heavy atom. The number of nitrogen functional groups attached to an aromatic ring is 1. The van der Waals surface area contributed by atoms with Crippen LogP contribution in [0.4, 0.5) is 34.4 Å². The average Bonchev–Trinajstić information content (AvgIpc) is 2.98. The highest BCUT2D eigenvalue weighted by Gasteiger charge is 2.19. The van der Waals surface area contributed by atoms with Crippen LogP contribution in [0, 0.1) is 6.92 Å². The molecule has 1 heterocycles. The highest BCUT2D eigenvalue weighted by molar-refractivity contribution is 7.91. The van der Waals surface area contributed by atoms with E-state index in [0.29, 0.717) is 60.5 Å². The number of nitrogens with zero attached hydrogens (tertiary/aromatic N) is 4. The second-order valence-electron chi connectivity index (χ2n) is 9.82. The normalized spacial score (nSPS) is 12.0. The first-order valence-electron chi connectivity index (χ1n) is 13.8. The lowest BCUT2D eigenvalue weighted by Gasteiger charge is -2.25. The number of hydrogen-bond acceptors (Lipinski definition) is 12. The Bertz CT molecular complexity index is 1400. The molecule has 0 fully saturated rings. The Labute approximate surface area is 247 Å². The third-order valence-electron chi connectivity index (χ3n) is 6.50. The summed E-state index contributed by atoms with van der Waals surface area (Å²) in [5.41, 5.74) is 9.21. The monoisotopic (exact) mass is 599 g/mol. The molecule has 0 aliphatic carbocycles. The summed E-state index contributed by atoms with van der Waals surface area (Å²) in [5.74, 6) is 0.839. The average molecular weight is 600 g/mol. The standard InChI is InChI=1S/C29H41N7O5S/c1-21(2)36(14-16-37)15-20-42(39,40)25-11-9-24(10-12-25)34-35-27-22(3)26(30)28(32-23-7-5-4-6-8-23)33-29(27)31-13-18-41-19-17-38/h4-12,21,37-38H,13-20,30H2,1-3H3,(H2,31,32,33). The minimum absolute atomic E-state index is 0.0282. The third-order valence-corrected chi connectivity index (χ3v) is 8.21. The van der Waals surface area contributed by atoms with E-state index in [4.69, 9.17) is 15.6 Å². The summed E-state index contributed by atoms with van der Waals surface area (Å²) in [6.07, 6.45) is 0. The molecule has 0 unspecified atom stereocenters. The SMILES string of the molecule is Cc1c(N)c(Nc2ccccc2)nc(NCCOCCO)c1N=Nc1ccc(S(=O)(=O)CCN(CCO)C(C)C)cc1. The van der Waals surface area contributed by atoms with Gasteiger partial charge in [0.25, 0.3) is 0 Å². The molecule has 3 rings (SSSR count). The van der Waals surface area contributed by atoms with Crippen molar-refractivity contribution in [2.75, 3.05) is 68.2 Å². The Kier molecular flexibility index (Phi) is 12.6. The number of azo groups is 1. The first-order valence-corrected chi connectivity index (χ1v) is 15.5. The quantitative estimate of drug-likeness (QED) is 0.113. The van der Waals surface area contributed by atoms with Crippen molar-refractivity contribution in [2.24, 2.45) is 10.2 Å². The summed E-state index contributed by atoms with van der Waals surface area (Å²) in [6.45, 7) is 7.38. The molecule has 0 atom stereocenters. The zero-order chi connectivity index (χ0) is 30.5. The number of hydrogen-bond donors (Lipinski definition) is 5. The molecule has 3 aromatic rings. The number of aliphatic hydroxyl groups is 2. The fraction of sp³-hybridized carbons (Fsp3) is 0.414. The van der Waals surface area contributed by atoms with Gasteiger partial charge in [0.15, 0.2) is 21.5 Å². The molecule has 42 heavy (non-hydrogen) atoms. The minimum atomic E-state index is -3.52. The molecule has 13 heteroatoms. The fourth-order valence-electron chi connectivity index (χ4n) is 4.05. The number of nitrogens with one attached hydrogen (secondary N) is 2. The van der Waals surface area contributed by atoms with Crippen molar-refractivity contribution in [2.45, 2.75) is 31.7 Å². The van der Waals surface area contributed by atoms with E-state index in [2.05, 4.69) is 25.8 Å². The van der Waals surface area contributed by atoms with Gasteiger partial charge < -0.3 is 31.3 Å². The predicted octanol–water partition coefficient (Wildman–Crippen LogP) is 4.03. The van der Waals surface area contributed by atoms with Crippen LogP contribution in [0.2, 0.25) is 0 Å². The summed E-state index contributed by atoms with van der Waals surface area (Å²) in [7, 11) is -3.52. The highest BCUT2D eigenvalue weighted by atomic mass is 32.2. The molecule has 0 saturated carbocycles. The van der Waals surface area contributed by atoms with Crippen LogP contribution in [0.1, 0.15) is 19.4 Å². The van der Waals surface area contributed by atoms with E-state index in [0.717, 1.165) is 5.69 Å². The number of rotatable bonds is 17. The van der Waals surface area contributed by atoms with E-state index < -0.39 is 9.84 Å². The fourth-order valence-corrected chi connectivity index (χ4v) is 5.32. The molecule has 0 saturated heterocycles. The van der Waals surface area contributed by atoms with Crippen LogP contribution in [-0.2, 0) is 14.6 Å². The lowest BCUT2D eigenvalue weighted by atomic mass is 10.2. The van der Waals surface area contributed by atoms with E-state index in [1.54, 1.807) is 12.1 Å². The third kappa shape index (κ3) is 9.46. The summed E-state index contributed by atoms with van der Waals surface area (Å²) in [4.78, 5) is 6.78. The maximum Gasteiger partial charge on any atom is 0.179 e. The Morgan fingerprint density at radius 2 is 1.69 bits per heavy atom.